The van der Waals surface area contributed by atoms with Crippen LogP contribution in [0.4, 0.5) is 11.4 Å². The second-order valence-corrected chi connectivity index (χ2v) is 6.63. The van der Waals surface area contributed by atoms with E-state index in [0.717, 1.165) is 11.4 Å². The van der Waals surface area contributed by atoms with Crippen molar-refractivity contribution in [2.24, 2.45) is 0 Å². The number of hydrogen-bond donors (Lipinski definition) is 1. The number of aromatic nitrogens is 2. The van der Waals surface area contributed by atoms with Gasteiger partial charge in [0.25, 0.3) is 5.69 Å². The average Bonchev–Trinajstić information content (AvgIpc) is 2.97. The minimum atomic E-state index is -0.482. The molecule has 0 spiro atoms. The highest BCUT2D eigenvalue weighted by molar-refractivity contribution is 6.17. The Morgan fingerprint density at radius 1 is 1.18 bits per heavy atom. The van der Waals surface area contributed by atoms with Crippen molar-refractivity contribution in [1.29, 1.82) is 0 Å². The highest BCUT2D eigenvalue weighted by Gasteiger charge is 2.17. The Labute approximate surface area is 167 Å². The second-order valence-electron chi connectivity index (χ2n) is 6.36. The van der Waals surface area contributed by atoms with E-state index in [0.29, 0.717) is 22.5 Å². The summed E-state index contributed by atoms with van der Waals surface area (Å²) < 4.78 is 1.78. The summed E-state index contributed by atoms with van der Waals surface area (Å²) in [6.45, 7) is 3.72. The molecule has 3 rings (SSSR count). The van der Waals surface area contributed by atoms with Gasteiger partial charge >= 0.3 is 0 Å². The summed E-state index contributed by atoms with van der Waals surface area (Å²) in [5, 5.41) is 18.3. The fourth-order valence-corrected chi connectivity index (χ4v) is 3.27. The number of anilines is 1. The number of non-ortho nitro benzene ring substituents is 1. The topological polar surface area (TPSA) is 90.1 Å². The van der Waals surface area contributed by atoms with Gasteiger partial charge in [-0.1, -0.05) is 24.3 Å². The molecular formula is C20H19ClN4O3. The molecule has 2 aromatic carbocycles. The van der Waals surface area contributed by atoms with Gasteiger partial charge in [-0.15, -0.1) is 11.6 Å². The molecule has 1 N–H and O–H groups in total. The van der Waals surface area contributed by atoms with E-state index in [9.17, 15) is 14.9 Å². The first-order chi connectivity index (χ1) is 13.4. The molecule has 1 aromatic heterocycles. The molecule has 0 radical (unpaired) electrons. The monoisotopic (exact) mass is 398 g/mol. The first-order valence-electron chi connectivity index (χ1n) is 8.64. The van der Waals surface area contributed by atoms with Crippen molar-refractivity contribution in [3.8, 4) is 5.69 Å². The number of halogens is 1. The standard InChI is InChI=1S/C20H19ClN4O3/c1-13-20(14(2)24(23-13)17-6-4-3-5-7-17)22-19(26)11-15-8-9-18(25(27)28)10-16(15)12-21/h3-10H,11-12H2,1-2H3,(H,22,26). The van der Waals surface area contributed by atoms with Crippen LogP contribution in [-0.4, -0.2) is 20.6 Å². The van der Waals surface area contributed by atoms with Crippen LogP contribution in [0.15, 0.2) is 48.5 Å². The number of nitrogens with zero attached hydrogens (tertiary/aromatic N) is 3. The van der Waals surface area contributed by atoms with Gasteiger partial charge in [0.05, 0.1) is 34.1 Å². The van der Waals surface area contributed by atoms with E-state index in [4.69, 9.17) is 11.6 Å². The predicted molar refractivity (Wildman–Crippen MR) is 108 cm³/mol. The fourth-order valence-electron chi connectivity index (χ4n) is 3.02. The van der Waals surface area contributed by atoms with Crippen molar-refractivity contribution in [2.75, 3.05) is 5.32 Å². The van der Waals surface area contributed by atoms with Crippen molar-refractivity contribution in [3.05, 3.63) is 81.2 Å². The van der Waals surface area contributed by atoms with Gasteiger partial charge < -0.3 is 5.32 Å². The van der Waals surface area contributed by atoms with Crippen LogP contribution in [0.25, 0.3) is 5.69 Å². The van der Waals surface area contributed by atoms with E-state index in [1.165, 1.54) is 12.1 Å². The van der Waals surface area contributed by atoms with Gasteiger partial charge in [-0.05, 0) is 37.1 Å². The van der Waals surface area contributed by atoms with Crippen molar-refractivity contribution < 1.29 is 9.72 Å². The Balaban J connectivity index is 1.81. The molecule has 0 fully saturated rings. The van der Waals surface area contributed by atoms with Crippen LogP contribution in [0.5, 0.6) is 0 Å². The minimum absolute atomic E-state index is 0.0457. The summed E-state index contributed by atoms with van der Waals surface area (Å²) in [6, 6.07) is 14.0. The lowest BCUT2D eigenvalue weighted by atomic mass is 10.0. The van der Waals surface area contributed by atoms with Gasteiger partial charge in [0.2, 0.25) is 5.91 Å². The molecular weight excluding hydrogens is 380 g/mol. The molecule has 144 valence electrons. The number of amides is 1. The molecule has 7 nitrogen and oxygen atoms in total. The second kappa shape index (κ2) is 8.22. The van der Waals surface area contributed by atoms with Gasteiger partial charge in [-0.2, -0.15) is 5.10 Å². The molecule has 0 bridgehead atoms. The summed E-state index contributed by atoms with van der Waals surface area (Å²) in [5.41, 5.74) is 4.26. The van der Waals surface area contributed by atoms with E-state index >= 15 is 0 Å². The highest BCUT2D eigenvalue weighted by Crippen LogP contribution is 2.24. The third-order valence-electron chi connectivity index (χ3n) is 4.45. The number of aryl methyl sites for hydroxylation is 1. The number of hydrogen-bond acceptors (Lipinski definition) is 4. The van der Waals surface area contributed by atoms with E-state index in [1.807, 2.05) is 44.2 Å². The Hall–Kier alpha value is -3.19. The number of alkyl halides is 1. The van der Waals surface area contributed by atoms with Crippen LogP contribution in [-0.2, 0) is 17.1 Å². The zero-order valence-electron chi connectivity index (χ0n) is 15.5. The van der Waals surface area contributed by atoms with Crippen LogP contribution in [0.2, 0.25) is 0 Å². The molecule has 0 unspecified atom stereocenters. The quantitative estimate of drug-likeness (QED) is 0.380. The zero-order valence-corrected chi connectivity index (χ0v) is 16.2. The van der Waals surface area contributed by atoms with E-state index in [-0.39, 0.29) is 23.9 Å². The minimum Gasteiger partial charge on any atom is -0.323 e. The number of carbonyl (C=O) groups is 1. The molecule has 0 saturated heterocycles. The number of benzene rings is 2. The fraction of sp³-hybridized carbons (Fsp3) is 0.200. The Morgan fingerprint density at radius 2 is 1.89 bits per heavy atom. The lowest BCUT2D eigenvalue weighted by molar-refractivity contribution is -0.384. The maximum atomic E-state index is 12.6. The largest absolute Gasteiger partial charge is 0.323 e. The van der Waals surface area contributed by atoms with Crippen LogP contribution in [0.1, 0.15) is 22.5 Å². The van der Waals surface area contributed by atoms with Crippen LogP contribution < -0.4 is 5.32 Å². The number of para-hydroxylation sites is 1. The predicted octanol–water partition coefficient (Wildman–Crippen LogP) is 4.32. The number of rotatable bonds is 6. The third kappa shape index (κ3) is 4.04. The van der Waals surface area contributed by atoms with E-state index in [1.54, 1.807) is 10.7 Å². The van der Waals surface area contributed by atoms with Crippen LogP contribution in [0, 0.1) is 24.0 Å². The van der Waals surface area contributed by atoms with Crippen molar-refractivity contribution in [2.45, 2.75) is 26.1 Å². The molecule has 8 heteroatoms. The average molecular weight is 399 g/mol. The van der Waals surface area contributed by atoms with Crippen molar-refractivity contribution in [1.82, 2.24) is 9.78 Å². The molecule has 28 heavy (non-hydrogen) atoms. The normalized spacial score (nSPS) is 10.7. The van der Waals surface area contributed by atoms with E-state index in [2.05, 4.69) is 10.4 Å². The number of nitro groups is 1. The summed E-state index contributed by atoms with van der Waals surface area (Å²) in [7, 11) is 0. The van der Waals surface area contributed by atoms with Crippen molar-refractivity contribution in [3.63, 3.8) is 0 Å². The highest BCUT2D eigenvalue weighted by atomic mass is 35.5. The lowest BCUT2D eigenvalue weighted by Crippen LogP contribution is -2.16. The molecule has 1 amide bonds. The molecule has 0 aliphatic heterocycles. The maximum absolute atomic E-state index is 12.6. The molecule has 0 aliphatic carbocycles. The summed E-state index contributed by atoms with van der Waals surface area (Å²) in [5.74, 6) is -0.145. The molecule has 1 heterocycles. The Kier molecular flexibility index (Phi) is 5.75. The maximum Gasteiger partial charge on any atom is 0.269 e. The molecule has 0 aliphatic rings. The van der Waals surface area contributed by atoms with Crippen LogP contribution >= 0.6 is 11.6 Å². The Morgan fingerprint density at radius 3 is 2.54 bits per heavy atom. The first-order valence-corrected chi connectivity index (χ1v) is 9.17. The summed E-state index contributed by atoms with van der Waals surface area (Å²) in [6.07, 6.45) is 0.0649. The zero-order chi connectivity index (χ0) is 20.3. The molecule has 3 aromatic rings. The van der Waals surface area contributed by atoms with Gasteiger partial charge in [0, 0.05) is 18.0 Å². The van der Waals surface area contributed by atoms with E-state index < -0.39 is 4.92 Å². The smallest absolute Gasteiger partial charge is 0.269 e. The molecule has 0 atom stereocenters. The molecule has 0 saturated carbocycles. The Bertz CT molecular complexity index is 1030. The van der Waals surface area contributed by atoms with Gasteiger partial charge in [0.1, 0.15) is 0 Å². The SMILES string of the molecule is Cc1nn(-c2ccccc2)c(C)c1NC(=O)Cc1ccc([N+](=O)[O-])cc1CCl. The number of nitro benzene ring substituents is 1. The van der Waals surface area contributed by atoms with Crippen LogP contribution in [0.3, 0.4) is 0 Å². The van der Waals surface area contributed by atoms with Gasteiger partial charge in [0.15, 0.2) is 0 Å². The van der Waals surface area contributed by atoms with Gasteiger partial charge in [-0.3, -0.25) is 14.9 Å². The summed E-state index contributed by atoms with van der Waals surface area (Å²) >= 11 is 5.91. The third-order valence-corrected chi connectivity index (χ3v) is 4.74. The van der Waals surface area contributed by atoms with Gasteiger partial charge in [-0.25, -0.2) is 4.68 Å². The first kappa shape index (κ1) is 19.6. The lowest BCUT2D eigenvalue weighted by Gasteiger charge is -2.09. The van der Waals surface area contributed by atoms with Crippen molar-refractivity contribution >= 4 is 28.9 Å². The summed E-state index contributed by atoms with van der Waals surface area (Å²) in [4.78, 5) is 23.0. The number of nitrogens with one attached hydrogen (secondary N) is 1. The number of carbonyl (C=O) groups excluding carboxylic acids is 1.